The van der Waals surface area contributed by atoms with Gasteiger partial charge in [-0.25, -0.2) is 19.3 Å². The van der Waals surface area contributed by atoms with Crippen molar-refractivity contribution in [2.75, 3.05) is 24.9 Å². The molecule has 0 unspecified atom stereocenters. The van der Waals surface area contributed by atoms with Gasteiger partial charge in [0.25, 0.3) is 0 Å². The Morgan fingerprint density at radius 1 is 1.23 bits per heavy atom. The van der Waals surface area contributed by atoms with Crippen LogP contribution in [0, 0.1) is 5.82 Å². The summed E-state index contributed by atoms with van der Waals surface area (Å²) in [7, 11) is 2.17. The van der Waals surface area contributed by atoms with Crippen LogP contribution in [0.5, 0.6) is 5.88 Å². The fourth-order valence-corrected chi connectivity index (χ4v) is 4.44. The highest BCUT2D eigenvalue weighted by Crippen LogP contribution is 2.34. The first-order valence-corrected chi connectivity index (χ1v) is 12.6. The predicted molar refractivity (Wildman–Crippen MR) is 135 cm³/mol. The first-order valence-electron chi connectivity index (χ1n) is 11.7. The number of carbonyl (C=O) groups excluding carboxylic acids is 1. The number of carbonyl (C=O) groups is 1. The maximum absolute atomic E-state index is 13.5. The van der Waals surface area contributed by atoms with Crippen LogP contribution in [0.1, 0.15) is 54.7 Å². The monoisotopic (exact) mass is 496 g/mol. The molecule has 1 aromatic carbocycles. The maximum atomic E-state index is 13.5. The molecule has 1 saturated carbocycles. The molecule has 0 spiro atoms. The molecule has 3 heterocycles. The Balaban J connectivity index is 0.000000165. The van der Waals surface area contributed by atoms with Crippen LogP contribution in [0.3, 0.4) is 0 Å². The number of nitrogens with zero attached hydrogens (tertiary/aromatic N) is 5. The summed E-state index contributed by atoms with van der Waals surface area (Å²) >= 11 is 1.76. The zero-order valence-electron chi connectivity index (χ0n) is 19.9. The van der Waals surface area contributed by atoms with Gasteiger partial charge in [-0.3, -0.25) is 19.4 Å². The molecule has 10 heteroatoms. The molecule has 184 valence electrons. The van der Waals surface area contributed by atoms with Crippen molar-refractivity contribution in [1.82, 2.24) is 24.8 Å². The number of anilines is 1. The first-order chi connectivity index (χ1) is 17.1. The minimum Gasteiger partial charge on any atom is -0.477 e. The number of hydrogen-bond donors (Lipinski definition) is 1. The van der Waals surface area contributed by atoms with Crippen LogP contribution >= 0.6 is 11.9 Å². The van der Waals surface area contributed by atoms with Gasteiger partial charge in [-0.05, 0) is 76.3 Å². The van der Waals surface area contributed by atoms with Gasteiger partial charge in [-0.2, -0.15) is 0 Å². The van der Waals surface area contributed by atoms with Crippen LogP contribution in [0.2, 0.25) is 0 Å². The Kier molecular flexibility index (Phi) is 8.59. The van der Waals surface area contributed by atoms with E-state index in [1.54, 1.807) is 18.0 Å². The lowest BCUT2D eigenvalue weighted by molar-refractivity contribution is 0.112. The second-order valence-electron chi connectivity index (χ2n) is 8.39. The van der Waals surface area contributed by atoms with Crippen LogP contribution in [-0.4, -0.2) is 56.6 Å². The summed E-state index contributed by atoms with van der Waals surface area (Å²) in [5.41, 5.74) is 2.22. The normalized spacial score (nSPS) is 17.4. The molecule has 8 nitrogen and oxygen atoms in total. The van der Waals surface area contributed by atoms with E-state index in [2.05, 4.69) is 36.6 Å². The number of aldehydes is 1. The summed E-state index contributed by atoms with van der Waals surface area (Å²) in [5, 5.41) is 0.774. The van der Waals surface area contributed by atoms with Crippen molar-refractivity contribution < 1.29 is 13.9 Å². The number of aromatic nitrogens is 4. The average Bonchev–Trinajstić information content (AvgIpc) is 3.62. The van der Waals surface area contributed by atoms with E-state index in [1.165, 1.54) is 56.8 Å². The first kappa shape index (κ1) is 25.0. The van der Waals surface area contributed by atoms with E-state index in [1.807, 2.05) is 19.2 Å². The van der Waals surface area contributed by atoms with Crippen LogP contribution in [0.25, 0.3) is 11.3 Å². The van der Waals surface area contributed by atoms with Crippen molar-refractivity contribution in [2.24, 2.45) is 0 Å². The quantitative estimate of drug-likeness (QED) is 0.343. The molecule has 2 aliphatic rings. The highest BCUT2D eigenvalue weighted by atomic mass is 32.2. The second kappa shape index (κ2) is 12.0. The van der Waals surface area contributed by atoms with Crippen LogP contribution in [0.15, 0.2) is 42.9 Å². The molecule has 1 N–H and O–H groups in total. The lowest BCUT2D eigenvalue weighted by Crippen LogP contribution is -2.18. The van der Waals surface area contributed by atoms with E-state index in [9.17, 15) is 9.18 Å². The fourth-order valence-electron chi connectivity index (χ4n) is 3.70. The van der Waals surface area contributed by atoms with E-state index >= 15 is 0 Å². The third-order valence-corrected chi connectivity index (χ3v) is 6.81. The van der Waals surface area contributed by atoms with Crippen molar-refractivity contribution in [3.8, 4) is 17.1 Å². The third kappa shape index (κ3) is 6.95. The Morgan fingerprint density at radius 3 is 2.77 bits per heavy atom. The highest BCUT2D eigenvalue weighted by Gasteiger charge is 2.25. The summed E-state index contributed by atoms with van der Waals surface area (Å²) < 4.78 is 22.0. The molecular weight excluding hydrogens is 467 g/mol. The van der Waals surface area contributed by atoms with E-state index in [0.29, 0.717) is 36.1 Å². The smallest absolute Gasteiger partial charge is 0.233 e. The molecule has 0 radical (unpaired) electrons. The topological polar surface area (TPSA) is 93.1 Å². The van der Waals surface area contributed by atoms with Gasteiger partial charge in [0.15, 0.2) is 6.29 Å². The molecule has 1 atom stereocenters. The second-order valence-corrected chi connectivity index (χ2v) is 9.50. The van der Waals surface area contributed by atoms with Crippen molar-refractivity contribution in [3.05, 3.63) is 59.9 Å². The van der Waals surface area contributed by atoms with Crippen molar-refractivity contribution in [1.29, 1.82) is 0 Å². The van der Waals surface area contributed by atoms with Gasteiger partial charge in [-0.15, -0.1) is 0 Å². The largest absolute Gasteiger partial charge is 0.477 e. The highest BCUT2D eigenvalue weighted by molar-refractivity contribution is 8.01. The SMILES string of the molecule is CCOc1cncc(-c2ccc(C=O)c(F)c2)n1.CN1CCC[C@H]1c1ccnc(NSC2CC2)n1. The molecule has 0 bridgehead atoms. The molecule has 35 heavy (non-hydrogen) atoms. The van der Waals surface area contributed by atoms with Gasteiger partial charge in [-0.1, -0.05) is 6.07 Å². The lowest BCUT2D eigenvalue weighted by atomic mass is 10.1. The van der Waals surface area contributed by atoms with Gasteiger partial charge in [0.1, 0.15) is 5.82 Å². The number of halogens is 1. The van der Waals surface area contributed by atoms with E-state index in [4.69, 9.17) is 4.74 Å². The zero-order valence-corrected chi connectivity index (χ0v) is 20.7. The molecule has 2 aromatic heterocycles. The molecular formula is C25H29FN6O2S. The number of likely N-dealkylation sites (tertiary alicyclic amines) is 1. The lowest BCUT2D eigenvalue weighted by Gasteiger charge is -2.18. The molecule has 2 fully saturated rings. The molecule has 1 aliphatic heterocycles. The number of rotatable bonds is 8. The van der Waals surface area contributed by atoms with Crippen LogP contribution in [0.4, 0.5) is 10.3 Å². The number of hydrogen-bond acceptors (Lipinski definition) is 9. The van der Waals surface area contributed by atoms with Gasteiger partial charge in [0.2, 0.25) is 11.8 Å². The summed E-state index contributed by atoms with van der Waals surface area (Å²) in [4.78, 5) is 30.0. The summed E-state index contributed by atoms with van der Waals surface area (Å²) in [6.45, 7) is 3.50. The van der Waals surface area contributed by atoms with Gasteiger partial charge in [0, 0.05) is 17.0 Å². The van der Waals surface area contributed by atoms with Gasteiger partial charge in [0.05, 0.1) is 42.0 Å². The fraction of sp³-hybridized carbons (Fsp3) is 0.400. The zero-order chi connectivity index (χ0) is 24.6. The molecule has 5 rings (SSSR count). The Labute approximate surface area is 208 Å². The predicted octanol–water partition coefficient (Wildman–Crippen LogP) is 4.96. The summed E-state index contributed by atoms with van der Waals surface area (Å²) in [5.74, 6) is 0.570. The van der Waals surface area contributed by atoms with Crippen LogP contribution in [-0.2, 0) is 0 Å². The maximum Gasteiger partial charge on any atom is 0.233 e. The standard InChI is InChI=1S/C13H11FN2O2.C12H18N4S/c1-2-18-13-7-15-6-12(16-13)9-3-4-10(8-17)11(14)5-9;1-16-8-2-3-11(16)10-6-7-13-12(14-10)15-17-9-4-5-9/h3-8H,2H2,1H3;6-7,9,11H,2-5,8H2,1H3,(H,13,14,15)/t;11-/m.0/s1. The van der Waals surface area contributed by atoms with E-state index in [-0.39, 0.29) is 5.56 Å². The van der Waals surface area contributed by atoms with Gasteiger partial charge >= 0.3 is 0 Å². The van der Waals surface area contributed by atoms with Crippen molar-refractivity contribution >= 4 is 24.2 Å². The molecule has 0 amide bonds. The Morgan fingerprint density at radius 2 is 2.09 bits per heavy atom. The van der Waals surface area contributed by atoms with Crippen molar-refractivity contribution in [2.45, 2.75) is 43.9 Å². The molecule has 1 aliphatic carbocycles. The minimum atomic E-state index is -0.578. The third-order valence-electron chi connectivity index (χ3n) is 5.71. The number of ether oxygens (including phenoxy) is 1. The molecule has 1 saturated heterocycles. The van der Waals surface area contributed by atoms with Gasteiger partial charge < -0.3 is 4.74 Å². The number of benzene rings is 1. The Bertz CT molecular complexity index is 1150. The minimum absolute atomic E-state index is 0.0210. The molecule has 3 aromatic rings. The van der Waals surface area contributed by atoms with E-state index < -0.39 is 5.82 Å². The Hall–Kier alpha value is -3.11. The van der Waals surface area contributed by atoms with Crippen molar-refractivity contribution in [3.63, 3.8) is 0 Å². The summed E-state index contributed by atoms with van der Waals surface area (Å²) in [6, 6.07) is 6.80. The van der Waals surface area contributed by atoms with Crippen LogP contribution < -0.4 is 9.46 Å². The van der Waals surface area contributed by atoms with E-state index in [0.717, 1.165) is 16.9 Å². The average molecular weight is 497 g/mol. The number of nitrogens with one attached hydrogen (secondary N) is 1. The summed E-state index contributed by atoms with van der Waals surface area (Å²) in [6.07, 6.45) is 10.5.